The van der Waals surface area contributed by atoms with Crippen LogP contribution in [0.5, 0.6) is 0 Å². The SMILES string of the molecule is CCCSc1ncccc1C(=O)NCC1CCCCC1. The van der Waals surface area contributed by atoms with Crippen molar-refractivity contribution in [1.82, 2.24) is 10.3 Å². The topological polar surface area (TPSA) is 42.0 Å². The van der Waals surface area contributed by atoms with Crippen LogP contribution in [-0.2, 0) is 0 Å². The second kappa shape index (κ2) is 8.30. The molecule has 1 heterocycles. The Morgan fingerprint density at radius 2 is 2.20 bits per heavy atom. The van der Waals surface area contributed by atoms with Gasteiger partial charge in [0.15, 0.2) is 0 Å². The molecule has 0 aliphatic heterocycles. The van der Waals surface area contributed by atoms with Crippen molar-refractivity contribution < 1.29 is 4.79 Å². The Hall–Kier alpha value is -1.03. The summed E-state index contributed by atoms with van der Waals surface area (Å²) in [6, 6.07) is 3.72. The van der Waals surface area contributed by atoms with E-state index >= 15 is 0 Å². The van der Waals surface area contributed by atoms with Gasteiger partial charge in [-0.3, -0.25) is 4.79 Å². The van der Waals surface area contributed by atoms with Gasteiger partial charge in [-0.25, -0.2) is 4.98 Å². The number of pyridine rings is 1. The van der Waals surface area contributed by atoms with Crippen LogP contribution in [0, 0.1) is 5.92 Å². The van der Waals surface area contributed by atoms with Gasteiger partial charge in [0.2, 0.25) is 0 Å². The third-order valence-corrected chi connectivity index (χ3v) is 4.95. The summed E-state index contributed by atoms with van der Waals surface area (Å²) in [6.45, 7) is 2.95. The van der Waals surface area contributed by atoms with Crippen LogP contribution in [0.2, 0.25) is 0 Å². The Bertz CT molecular complexity index is 430. The summed E-state index contributed by atoms with van der Waals surface area (Å²) in [7, 11) is 0. The highest BCUT2D eigenvalue weighted by Crippen LogP contribution is 2.23. The molecule has 0 atom stereocenters. The van der Waals surface area contributed by atoms with Crippen LogP contribution in [-0.4, -0.2) is 23.2 Å². The first kappa shape index (κ1) is 15.4. The Labute approximate surface area is 125 Å². The lowest BCUT2D eigenvalue weighted by Crippen LogP contribution is -2.30. The van der Waals surface area contributed by atoms with Gasteiger partial charge in [0, 0.05) is 12.7 Å². The number of thioether (sulfide) groups is 1. The predicted molar refractivity (Wildman–Crippen MR) is 84.2 cm³/mol. The Balaban J connectivity index is 1.90. The molecule has 3 nitrogen and oxygen atoms in total. The summed E-state index contributed by atoms with van der Waals surface area (Å²) in [5.74, 6) is 1.69. The van der Waals surface area contributed by atoms with Crippen LogP contribution < -0.4 is 5.32 Å². The lowest BCUT2D eigenvalue weighted by molar-refractivity contribution is 0.0940. The molecule has 1 aliphatic rings. The van der Waals surface area contributed by atoms with Crippen LogP contribution in [0.1, 0.15) is 55.8 Å². The zero-order chi connectivity index (χ0) is 14.2. The molecule has 2 rings (SSSR count). The maximum atomic E-state index is 12.3. The molecule has 1 aromatic heterocycles. The largest absolute Gasteiger partial charge is 0.352 e. The van der Waals surface area contributed by atoms with Crippen molar-refractivity contribution in [2.45, 2.75) is 50.5 Å². The normalized spacial score (nSPS) is 16.1. The summed E-state index contributed by atoms with van der Waals surface area (Å²) in [4.78, 5) is 16.6. The van der Waals surface area contributed by atoms with Gasteiger partial charge >= 0.3 is 0 Å². The number of hydrogen-bond donors (Lipinski definition) is 1. The molecule has 0 radical (unpaired) electrons. The summed E-state index contributed by atoms with van der Waals surface area (Å²) in [5.41, 5.74) is 0.724. The first-order chi connectivity index (χ1) is 9.81. The zero-order valence-corrected chi connectivity index (χ0v) is 13.0. The molecule has 1 fully saturated rings. The molecule has 1 amide bonds. The van der Waals surface area contributed by atoms with Gasteiger partial charge in [0.25, 0.3) is 5.91 Å². The van der Waals surface area contributed by atoms with E-state index in [9.17, 15) is 4.79 Å². The molecule has 1 saturated carbocycles. The van der Waals surface area contributed by atoms with Crippen LogP contribution in [0.3, 0.4) is 0 Å². The molecular formula is C16H24N2OS. The van der Waals surface area contributed by atoms with Crippen molar-refractivity contribution in [3.63, 3.8) is 0 Å². The number of amides is 1. The van der Waals surface area contributed by atoms with Gasteiger partial charge in [-0.15, -0.1) is 11.8 Å². The highest BCUT2D eigenvalue weighted by molar-refractivity contribution is 7.99. The summed E-state index contributed by atoms with van der Waals surface area (Å²) in [5, 5.41) is 3.95. The average Bonchev–Trinajstić information content (AvgIpc) is 2.52. The molecule has 1 N–H and O–H groups in total. The second-order valence-corrected chi connectivity index (χ2v) is 6.50. The van der Waals surface area contributed by atoms with Crippen LogP contribution in [0.25, 0.3) is 0 Å². The number of rotatable bonds is 6. The Kier molecular flexibility index (Phi) is 6.37. The van der Waals surface area contributed by atoms with E-state index in [2.05, 4.69) is 17.2 Å². The zero-order valence-electron chi connectivity index (χ0n) is 12.2. The molecule has 1 aromatic rings. The minimum absolute atomic E-state index is 0.0299. The molecule has 0 aromatic carbocycles. The minimum atomic E-state index is 0.0299. The number of carbonyl (C=O) groups excluding carboxylic acids is 1. The number of carbonyl (C=O) groups is 1. The summed E-state index contributed by atoms with van der Waals surface area (Å²) < 4.78 is 0. The number of aromatic nitrogens is 1. The second-order valence-electron chi connectivity index (χ2n) is 5.42. The van der Waals surface area contributed by atoms with Gasteiger partial charge in [-0.05, 0) is 43.1 Å². The molecule has 0 unspecified atom stereocenters. The third kappa shape index (κ3) is 4.51. The highest BCUT2D eigenvalue weighted by atomic mass is 32.2. The van der Waals surface area contributed by atoms with Crippen molar-refractivity contribution in [2.75, 3.05) is 12.3 Å². The molecule has 0 spiro atoms. The van der Waals surface area contributed by atoms with E-state index in [1.165, 1.54) is 32.1 Å². The lowest BCUT2D eigenvalue weighted by Gasteiger charge is -2.21. The fraction of sp³-hybridized carbons (Fsp3) is 0.625. The van der Waals surface area contributed by atoms with Crippen LogP contribution in [0.15, 0.2) is 23.4 Å². The van der Waals surface area contributed by atoms with Gasteiger partial charge in [-0.1, -0.05) is 26.2 Å². The van der Waals surface area contributed by atoms with E-state index in [1.54, 1.807) is 18.0 Å². The molecule has 20 heavy (non-hydrogen) atoms. The van der Waals surface area contributed by atoms with Crippen molar-refractivity contribution >= 4 is 17.7 Å². The third-order valence-electron chi connectivity index (χ3n) is 3.73. The summed E-state index contributed by atoms with van der Waals surface area (Å²) in [6.07, 6.45) is 9.33. The maximum absolute atomic E-state index is 12.3. The smallest absolute Gasteiger partial charge is 0.254 e. The first-order valence-electron chi connectivity index (χ1n) is 7.67. The monoisotopic (exact) mass is 292 g/mol. The summed E-state index contributed by atoms with van der Waals surface area (Å²) >= 11 is 1.66. The Morgan fingerprint density at radius 3 is 2.95 bits per heavy atom. The lowest BCUT2D eigenvalue weighted by atomic mass is 9.89. The molecule has 4 heteroatoms. The fourth-order valence-corrected chi connectivity index (χ4v) is 3.45. The average molecular weight is 292 g/mol. The predicted octanol–water partition coefficient (Wildman–Crippen LogP) is 3.89. The standard InChI is InChI=1S/C16H24N2OS/c1-2-11-20-16-14(9-6-10-17-16)15(19)18-12-13-7-4-3-5-8-13/h6,9-10,13H,2-5,7-8,11-12H2,1H3,(H,18,19). The minimum Gasteiger partial charge on any atom is -0.352 e. The van der Waals surface area contributed by atoms with Crippen molar-refractivity contribution in [3.05, 3.63) is 23.9 Å². The van der Waals surface area contributed by atoms with Gasteiger partial charge in [-0.2, -0.15) is 0 Å². The van der Waals surface area contributed by atoms with Crippen molar-refractivity contribution in [1.29, 1.82) is 0 Å². The number of nitrogens with zero attached hydrogens (tertiary/aromatic N) is 1. The van der Waals surface area contributed by atoms with Gasteiger partial charge < -0.3 is 5.32 Å². The highest BCUT2D eigenvalue weighted by Gasteiger charge is 2.16. The van der Waals surface area contributed by atoms with E-state index in [4.69, 9.17) is 0 Å². The van der Waals surface area contributed by atoms with E-state index in [1.807, 2.05) is 12.1 Å². The van der Waals surface area contributed by atoms with E-state index < -0.39 is 0 Å². The Morgan fingerprint density at radius 1 is 1.40 bits per heavy atom. The first-order valence-corrected chi connectivity index (χ1v) is 8.66. The van der Waals surface area contributed by atoms with E-state index in [0.29, 0.717) is 5.92 Å². The van der Waals surface area contributed by atoms with Crippen LogP contribution in [0.4, 0.5) is 0 Å². The fourth-order valence-electron chi connectivity index (χ4n) is 2.60. The number of hydrogen-bond acceptors (Lipinski definition) is 3. The van der Waals surface area contributed by atoms with E-state index in [0.717, 1.165) is 29.3 Å². The molecule has 0 saturated heterocycles. The van der Waals surface area contributed by atoms with Crippen molar-refractivity contribution in [2.24, 2.45) is 5.92 Å². The molecule has 1 aliphatic carbocycles. The van der Waals surface area contributed by atoms with Gasteiger partial charge in [0.05, 0.1) is 5.56 Å². The van der Waals surface area contributed by atoms with Crippen molar-refractivity contribution in [3.8, 4) is 0 Å². The maximum Gasteiger partial charge on any atom is 0.254 e. The molecule has 0 bridgehead atoms. The number of nitrogens with one attached hydrogen (secondary N) is 1. The molecule has 110 valence electrons. The van der Waals surface area contributed by atoms with Crippen LogP contribution >= 0.6 is 11.8 Å². The molecular weight excluding hydrogens is 268 g/mol. The quantitative estimate of drug-likeness (QED) is 0.809. The van der Waals surface area contributed by atoms with Gasteiger partial charge in [0.1, 0.15) is 5.03 Å². The van der Waals surface area contributed by atoms with E-state index in [-0.39, 0.29) is 5.91 Å².